The lowest BCUT2D eigenvalue weighted by molar-refractivity contribution is 0.777. The minimum Gasteiger partial charge on any atom is -0.356 e. The summed E-state index contributed by atoms with van der Waals surface area (Å²) in [6.07, 6.45) is 0.793. The van der Waals surface area contributed by atoms with Crippen LogP contribution in [0.5, 0.6) is 0 Å². The number of guanidine groups is 1. The number of hydrogen-bond acceptors (Lipinski definition) is 2. The van der Waals surface area contributed by atoms with Crippen LogP contribution in [0.15, 0.2) is 53.5 Å². The van der Waals surface area contributed by atoms with Crippen LogP contribution in [0.1, 0.15) is 11.4 Å². The average molecular weight is 470 g/mol. The van der Waals surface area contributed by atoms with E-state index in [1.54, 1.807) is 7.05 Å². The van der Waals surface area contributed by atoms with E-state index < -0.39 is 0 Å². The summed E-state index contributed by atoms with van der Waals surface area (Å²) < 4.78 is 0. The summed E-state index contributed by atoms with van der Waals surface area (Å²) >= 11 is 6.16. The van der Waals surface area contributed by atoms with Gasteiger partial charge in [-0.2, -0.15) is 0 Å². The second-order valence-electron chi connectivity index (χ2n) is 5.39. The number of hydrogen-bond donors (Lipinski definition) is 3. The summed E-state index contributed by atoms with van der Waals surface area (Å²) in [5.41, 5.74) is 3.10. The normalized spacial score (nSPS) is 11.2. The van der Waals surface area contributed by atoms with Crippen molar-refractivity contribution in [2.24, 2.45) is 4.99 Å². The second-order valence-corrected chi connectivity index (χ2v) is 5.80. The molecule has 3 N–H and O–H groups in total. The molecule has 0 saturated carbocycles. The molecule has 132 valence electrons. The van der Waals surface area contributed by atoms with Gasteiger partial charge in [0.1, 0.15) is 5.82 Å². The summed E-state index contributed by atoms with van der Waals surface area (Å²) in [4.78, 5) is 12.1. The van der Waals surface area contributed by atoms with E-state index in [1.807, 2.05) is 48.5 Å². The summed E-state index contributed by atoms with van der Waals surface area (Å²) in [5, 5.41) is 7.30. The van der Waals surface area contributed by atoms with Crippen LogP contribution in [0, 0.1) is 0 Å². The van der Waals surface area contributed by atoms with Gasteiger partial charge in [-0.3, -0.25) is 4.99 Å². The number of benzene rings is 2. The molecule has 25 heavy (non-hydrogen) atoms. The van der Waals surface area contributed by atoms with E-state index in [-0.39, 0.29) is 24.0 Å². The van der Waals surface area contributed by atoms with Gasteiger partial charge in [0.15, 0.2) is 5.96 Å². The maximum absolute atomic E-state index is 6.16. The van der Waals surface area contributed by atoms with Crippen LogP contribution >= 0.6 is 35.6 Å². The van der Waals surface area contributed by atoms with Crippen molar-refractivity contribution in [2.75, 3.05) is 13.6 Å². The molecule has 1 aromatic heterocycles. The van der Waals surface area contributed by atoms with Crippen molar-refractivity contribution in [3.8, 4) is 0 Å². The first-order chi connectivity index (χ1) is 11.8. The number of imidazole rings is 1. The predicted molar refractivity (Wildman–Crippen MR) is 115 cm³/mol. The molecule has 7 heteroatoms. The third-order valence-corrected chi connectivity index (χ3v) is 4.09. The van der Waals surface area contributed by atoms with Gasteiger partial charge in [-0.15, -0.1) is 24.0 Å². The quantitative estimate of drug-likeness (QED) is 0.303. The van der Waals surface area contributed by atoms with Gasteiger partial charge in [0.25, 0.3) is 0 Å². The Balaban J connectivity index is 0.00000225. The number of aliphatic imine (C=N–C) groups is 1. The minimum absolute atomic E-state index is 0. The van der Waals surface area contributed by atoms with Crippen LogP contribution in [-0.2, 0) is 13.0 Å². The lowest BCUT2D eigenvalue weighted by Crippen LogP contribution is -2.38. The van der Waals surface area contributed by atoms with Crippen molar-refractivity contribution < 1.29 is 0 Å². The molecular formula is C18H21ClIN5. The molecule has 0 bridgehead atoms. The number of para-hydroxylation sites is 2. The van der Waals surface area contributed by atoms with E-state index in [0.29, 0.717) is 6.54 Å². The van der Waals surface area contributed by atoms with Gasteiger partial charge in [-0.1, -0.05) is 41.9 Å². The van der Waals surface area contributed by atoms with Crippen LogP contribution in [0.2, 0.25) is 5.02 Å². The average Bonchev–Trinajstić information content (AvgIpc) is 3.02. The highest BCUT2D eigenvalue weighted by Crippen LogP contribution is 2.14. The zero-order valence-corrected chi connectivity index (χ0v) is 17.0. The Morgan fingerprint density at radius 2 is 1.88 bits per heavy atom. The summed E-state index contributed by atoms with van der Waals surface area (Å²) in [7, 11) is 1.75. The van der Waals surface area contributed by atoms with Crippen molar-refractivity contribution in [3.05, 3.63) is 64.9 Å². The van der Waals surface area contributed by atoms with Gasteiger partial charge in [0, 0.05) is 31.6 Å². The van der Waals surface area contributed by atoms with Gasteiger partial charge in [-0.25, -0.2) is 4.98 Å². The lowest BCUT2D eigenvalue weighted by atomic mass is 10.2. The topological polar surface area (TPSA) is 65.1 Å². The Bertz CT molecular complexity index is 813. The number of H-pyrrole nitrogens is 1. The molecule has 0 spiro atoms. The zero-order valence-electron chi connectivity index (χ0n) is 13.9. The van der Waals surface area contributed by atoms with Crippen molar-refractivity contribution in [2.45, 2.75) is 13.0 Å². The Hall–Kier alpha value is -1.80. The number of nitrogens with zero attached hydrogens (tertiary/aromatic N) is 2. The van der Waals surface area contributed by atoms with Crippen LogP contribution in [0.25, 0.3) is 11.0 Å². The molecule has 0 saturated heterocycles. The third-order valence-electron chi connectivity index (χ3n) is 3.72. The van der Waals surface area contributed by atoms with Crippen LogP contribution in [0.4, 0.5) is 0 Å². The summed E-state index contributed by atoms with van der Waals surface area (Å²) in [6.45, 7) is 1.37. The molecular weight excluding hydrogens is 449 g/mol. The molecule has 3 aromatic rings. The van der Waals surface area contributed by atoms with E-state index in [4.69, 9.17) is 11.6 Å². The molecule has 0 aliphatic heterocycles. The van der Waals surface area contributed by atoms with Gasteiger partial charge in [-0.05, 0) is 23.8 Å². The van der Waals surface area contributed by atoms with E-state index >= 15 is 0 Å². The zero-order chi connectivity index (χ0) is 16.8. The highest BCUT2D eigenvalue weighted by atomic mass is 127. The molecule has 3 rings (SSSR count). The largest absolute Gasteiger partial charge is 0.356 e. The molecule has 0 amide bonds. The first kappa shape index (κ1) is 19.5. The van der Waals surface area contributed by atoms with E-state index in [1.165, 1.54) is 0 Å². The monoisotopic (exact) mass is 469 g/mol. The number of nitrogens with one attached hydrogen (secondary N) is 3. The first-order valence-electron chi connectivity index (χ1n) is 7.88. The Morgan fingerprint density at radius 3 is 2.64 bits per heavy atom. The standard InChI is InChI=1S/C18H20ClN5.HI/c1-20-18(22-12-13-6-2-3-7-14(13)19)21-11-10-17-23-15-8-4-5-9-16(15)24-17;/h2-9H,10-12H2,1H3,(H,23,24)(H2,20,21,22);1H. The Labute approximate surface area is 169 Å². The lowest BCUT2D eigenvalue weighted by Gasteiger charge is -2.12. The summed E-state index contributed by atoms with van der Waals surface area (Å²) in [5.74, 6) is 1.70. The van der Waals surface area contributed by atoms with Crippen molar-refractivity contribution in [1.82, 2.24) is 20.6 Å². The molecule has 0 aliphatic carbocycles. The molecule has 0 radical (unpaired) electrons. The van der Waals surface area contributed by atoms with Gasteiger partial charge in [0.2, 0.25) is 0 Å². The number of halogens is 2. The second kappa shape index (κ2) is 9.62. The number of fused-ring (bicyclic) bond motifs is 1. The Morgan fingerprint density at radius 1 is 1.12 bits per heavy atom. The van der Waals surface area contributed by atoms with Crippen LogP contribution < -0.4 is 10.6 Å². The minimum atomic E-state index is 0. The van der Waals surface area contributed by atoms with Crippen molar-refractivity contribution >= 4 is 52.6 Å². The first-order valence-corrected chi connectivity index (χ1v) is 8.25. The highest BCUT2D eigenvalue weighted by Gasteiger charge is 2.04. The van der Waals surface area contributed by atoms with E-state index in [9.17, 15) is 0 Å². The molecule has 0 fully saturated rings. The maximum atomic E-state index is 6.16. The van der Waals surface area contributed by atoms with Gasteiger partial charge in [0.05, 0.1) is 11.0 Å². The van der Waals surface area contributed by atoms with Gasteiger partial charge < -0.3 is 15.6 Å². The van der Waals surface area contributed by atoms with Crippen molar-refractivity contribution in [3.63, 3.8) is 0 Å². The highest BCUT2D eigenvalue weighted by molar-refractivity contribution is 14.0. The van der Waals surface area contributed by atoms with Crippen LogP contribution in [-0.4, -0.2) is 29.5 Å². The fourth-order valence-corrected chi connectivity index (χ4v) is 2.67. The molecule has 0 unspecified atom stereocenters. The summed E-state index contributed by atoms with van der Waals surface area (Å²) in [6, 6.07) is 15.8. The fourth-order valence-electron chi connectivity index (χ4n) is 2.46. The maximum Gasteiger partial charge on any atom is 0.191 e. The van der Waals surface area contributed by atoms with Gasteiger partial charge >= 0.3 is 0 Å². The predicted octanol–water partition coefficient (Wildman–Crippen LogP) is 3.74. The third kappa shape index (κ3) is 5.34. The van der Waals surface area contributed by atoms with E-state index in [0.717, 1.165) is 46.4 Å². The molecule has 0 atom stereocenters. The number of rotatable bonds is 5. The van der Waals surface area contributed by atoms with E-state index in [2.05, 4.69) is 25.6 Å². The fraction of sp³-hybridized carbons (Fsp3) is 0.222. The number of aromatic amines is 1. The Kier molecular flexibility index (Phi) is 7.52. The van der Waals surface area contributed by atoms with Crippen LogP contribution in [0.3, 0.4) is 0 Å². The van der Waals surface area contributed by atoms with Crippen molar-refractivity contribution in [1.29, 1.82) is 0 Å². The molecule has 2 aromatic carbocycles. The number of aromatic nitrogens is 2. The smallest absolute Gasteiger partial charge is 0.191 e. The molecule has 5 nitrogen and oxygen atoms in total. The SMILES string of the molecule is CN=C(NCCc1nc2ccccc2[nH]1)NCc1ccccc1Cl.I. The molecule has 1 heterocycles. The molecule has 0 aliphatic rings.